The second-order valence-electron chi connectivity index (χ2n) is 17.5. The number of nitrogens with zero attached hydrogens (tertiary/aromatic N) is 2. The van der Waals surface area contributed by atoms with E-state index in [1.165, 1.54) is 17.9 Å². The number of benzene rings is 1. The highest BCUT2D eigenvalue weighted by Gasteiger charge is 2.64. The molecule has 1 spiro atoms. The van der Waals surface area contributed by atoms with Crippen LogP contribution in [0.3, 0.4) is 0 Å². The molecule has 3 aliphatic heterocycles. The van der Waals surface area contributed by atoms with Gasteiger partial charge in [-0.15, -0.1) is 0 Å². The van der Waals surface area contributed by atoms with Crippen molar-refractivity contribution in [3.63, 3.8) is 0 Å². The number of hydrogen-bond donors (Lipinski definition) is 3. The van der Waals surface area contributed by atoms with Crippen LogP contribution in [0, 0.1) is 18.8 Å². The highest BCUT2D eigenvalue weighted by atomic mass is 32.2. The number of allylic oxidation sites excluding steroid dienone is 1. The van der Waals surface area contributed by atoms with E-state index in [4.69, 9.17) is 9.47 Å². The maximum absolute atomic E-state index is 14.7. The fraction of sp³-hybridized carbons (Fsp3) is 0.634. The van der Waals surface area contributed by atoms with Crippen LogP contribution in [0.1, 0.15) is 109 Å². The number of aryl methyl sites for hydroxylation is 2. The first kappa shape index (κ1) is 41.7. The van der Waals surface area contributed by atoms with E-state index in [-0.39, 0.29) is 50.1 Å². The van der Waals surface area contributed by atoms with Gasteiger partial charge in [0.25, 0.3) is 5.91 Å². The Kier molecular flexibility index (Phi) is 10.8. The number of rotatable bonds is 6. The number of amides is 4. The van der Waals surface area contributed by atoms with Gasteiger partial charge in [0.1, 0.15) is 29.3 Å². The second kappa shape index (κ2) is 15.0. The molecule has 3 fully saturated rings. The Morgan fingerprint density at radius 2 is 1.83 bits per heavy atom. The number of carbonyl (C=O) groups is 4. The lowest BCUT2D eigenvalue weighted by Gasteiger charge is -2.37. The summed E-state index contributed by atoms with van der Waals surface area (Å²) in [6.07, 6.45) is 1.04. The van der Waals surface area contributed by atoms with Gasteiger partial charge in [-0.05, 0) is 90.2 Å². The third-order valence-corrected chi connectivity index (χ3v) is 14.9. The Bertz CT molecular complexity index is 2160. The van der Waals surface area contributed by atoms with Crippen LogP contribution < -0.4 is 20.1 Å². The van der Waals surface area contributed by atoms with Gasteiger partial charge in [0.05, 0.1) is 16.8 Å². The summed E-state index contributed by atoms with van der Waals surface area (Å²) in [6.45, 7) is 8.52. The molecule has 2 aliphatic carbocycles. The van der Waals surface area contributed by atoms with Crippen LogP contribution in [0.2, 0.25) is 0 Å². The van der Waals surface area contributed by atoms with Crippen molar-refractivity contribution in [2.75, 3.05) is 6.54 Å². The molecule has 1 saturated heterocycles. The molecule has 2 saturated carbocycles. The number of hydrogen-bond acceptors (Lipinski definition) is 9. The summed E-state index contributed by atoms with van der Waals surface area (Å²) in [5.74, 6) is -3.39. The minimum absolute atomic E-state index is 0.0183. The average Bonchev–Trinajstić information content (AvgIpc) is 4.04. The van der Waals surface area contributed by atoms with E-state index in [9.17, 15) is 40.8 Å². The standard InChI is InChI=1S/C41H52F3N5O8S/c1-23(2)25(4)56-37(53)46-30-12-10-8-6-7-9-11-26-20-40(26,36(52)48-58(54,55)38(5)17-18-38)47-34(50)31-21-39(22-49(31)35(30)51)16-15-27-28-19-24(3)13-14-29(28)45-33(32(27)57-39)41(42,43)44/h9,11,13-14,19,23,25-26,30-31H,6-8,10,12,15-18,20-22H2,1-5H3,(H,46,53)(H,47,50)(H,48,52)/b11-9-/t25?,26-,30+,31+,39-,40-/m1/s1. The summed E-state index contributed by atoms with van der Waals surface area (Å²) in [7, 11) is -4.08. The van der Waals surface area contributed by atoms with Crippen molar-refractivity contribution >= 4 is 44.7 Å². The van der Waals surface area contributed by atoms with E-state index < -0.39 is 91.5 Å². The van der Waals surface area contributed by atoms with Crippen molar-refractivity contribution in [2.45, 2.75) is 145 Å². The van der Waals surface area contributed by atoms with E-state index in [2.05, 4.69) is 20.3 Å². The van der Waals surface area contributed by atoms with Crippen molar-refractivity contribution < 1.29 is 50.2 Å². The van der Waals surface area contributed by atoms with Crippen LogP contribution in [-0.2, 0) is 41.7 Å². The molecule has 58 heavy (non-hydrogen) atoms. The van der Waals surface area contributed by atoms with Gasteiger partial charge in [0, 0.05) is 23.3 Å². The van der Waals surface area contributed by atoms with Crippen molar-refractivity contribution in [3.05, 3.63) is 47.2 Å². The largest absolute Gasteiger partial charge is 0.483 e. The van der Waals surface area contributed by atoms with Crippen LogP contribution in [0.15, 0.2) is 30.4 Å². The lowest BCUT2D eigenvalue weighted by Crippen LogP contribution is -2.58. The molecular formula is C41H52F3N5O8S. The number of alkyl carbamates (subject to hydrolysis) is 1. The van der Waals surface area contributed by atoms with Gasteiger partial charge in [0.2, 0.25) is 21.8 Å². The summed E-state index contributed by atoms with van der Waals surface area (Å²) in [6, 6.07) is 2.43. The smallest absolute Gasteiger partial charge is 0.437 e. The first-order chi connectivity index (χ1) is 27.2. The molecule has 13 nitrogen and oxygen atoms in total. The Labute approximate surface area is 336 Å². The van der Waals surface area contributed by atoms with Gasteiger partial charge < -0.3 is 25.0 Å². The van der Waals surface area contributed by atoms with Crippen molar-refractivity contribution in [1.82, 2.24) is 25.2 Å². The number of aromatic nitrogens is 1. The quantitative estimate of drug-likeness (QED) is 0.306. The van der Waals surface area contributed by atoms with E-state index >= 15 is 0 Å². The Balaban J connectivity index is 1.26. The molecule has 0 radical (unpaired) electrons. The molecule has 3 N–H and O–H groups in total. The summed E-state index contributed by atoms with van der Waals surface area (Å²) >= 11 is 0. The molecule has 6 atom stereocenters. The average molecular weight is 832 g/mol. The molecule has 5 aliphatic rings. The summed E-state index contributed by atoms with van der Waals surface area (Å²) in [5, 5.41) is 6.01. The number of ether oxygens (including phenoxy) is 2. The fourth-order valence-corrected chi connectivity index (χ4v) is 9.63. The van der Waals surface area contributed by atoms with Crippen LogP contribution in [0.5, 0.6) is 5.75 Å². The Morgan fingerprint density at radius 1 is 1.09 bits per heavy atom. The van der Waals surface area contributed by atoms with Gasteiger partial charge in [-0.2, -0.15) is 13.2 Å². The van der Waals surface area contributed by atoms with E-state index in [1.54, 1.807) is 25.1 Å². The van der Waals surface area contributed by atoms with E-state index in [0.717, 1.165) is 5.56 Å². The monoisotopic (exact) mass is 831 g/mol. The zero-order valence-corrected chi connectivity index (χ0v) is 34.3. The topological polar surface area (TPSA) is 173 Å². The SMILES string of the molecule is Cc1ccc2nc(C(F)(F)F)c3c(c2c1)CC[C@]1(C[C@H]2C(=O)N[C@]4(C(=O)NS(=O)(=O)C5(C)CC5)C[C@H]4/C=C\CCCCC[C@H](NC(=O)OC(C)C(C)C)C(=O)N2C1)O3. The third kappa shape index (κ3) is 7.99. The van der Waals surface area contributed by atoms with Crippen LogP contribution in [-0.4, -0.2) is 82.7 Å². The molecule has 17 heteroatoms. The van der Waals surface area contributed by atoms with Crippen molar-refractivity contribution in [1.29, 1.82) is 0 Å². The van der Waals surface area contributed by atoms with Gasteiger partial charge in [-0.3, -0.25) is 19.1 Å². The van der Waals surface area contributed by atoms with Crippen molar-refractivity contribution in [2.24, 2.45) is 11.8 Å². The maximum Gasteiger partial charge on any atom is 0.437 e. The fourth-order valence-electron chi connectivity index (χ4n) is 8.32. The maximum atomic E-state index is 14.7. The van der Waals surface area contributed by atoms with Gasteiger partial charge in [0.15, 0.2) is 11.4 Å². The summed E-state index contributed by atoms with van der Waals surface area (Å²) in [5.41, 5.74) is -3.07. The molecule has 4 amide bonds. The lowest BCUT2D eigenvalue weighted by atomic mass is 9.86. The Morgan fingerprint density at radius 3 is 2.52 bits per heavy atom. The van der Waals surface area contributed by atoms with Gasteiger partial charge in [-0.1, -0.05) is 50.5 Å². The predicted octanol–water partition coefficient (Wildman–Crippen LogP) is 5.76. The number of carbonyl (C=O) groups excluding carboxylic acids is 4. The summed E-state index contributed by atoms with van der Waals surface area (Å²) < 4.78 is 83.6. The molecule has 316 valence electrons. The normalized spacial score (nSPS) is 29.5. The second-order valence-corrected chi connectivity index (χ2v) is 19.7. The third-order valence-electron chi connectivity index (χ3n) is 12.8. The van der Waals surface area contributed by atoms with Gasteiger partial charge >= 0.3 is 12.3 Å². The zero-order chi connectivity index (χ0) is 42.0. The van der Waals surface area contributed by atoms with E-state index in [0.29, 0.717) is 49.5 Å². The number of halogens is 3. The van der Waals surface area contributed by atoms with Gasteiger partial charge in [-0.25, -0.2) is 18.2 Å². The number of sulfonamides is 1. The van der Waals surface area contributed by atoms with E-state index in [1.807, 2.05) is 26.8 Å². The molecule has 1 aromatic carbocycles. The minimum atomic E-state index is -4.90. The number of fused-ring (bicyclic) bond motifs is 5. The van der Waals surface area contributed by atoms with Crippen LogP contribution >= 0.6 is 0 Å². The molecular weight excluding hydrogens is 780 g/mol. The number of pyridine rings is 1. The molecule has 1 unspecified atom stereocenters. The molecule has 7 rings (SSSR count). The zero-order valence-electron chi connectivity index (χ0n) is 33.5. The highest BCUT2D eigenvalue weighted by Crippen LogP contribution is 2.50. The van der Waals surface area contributed by atoms with Crippen molar-refractivity contribution in [3.8, 4) is 5.75 Å². The minimum Gasteiger partial charge on any atom is -0.483 e. The molecule has 2 aromatic rings. The first-order valence-electron chi connectivity index (χ1n) is 20.2. The number of nitrogens with one attached hydrogen (secondary N) is 3. The van der Waals surface area contributed by atoms with Crippen LogP contribution in [0.25, 0.3) is 10.9 Å². The summed E-state index contributed by atoms with van der Waals surface area (Å²) in [4.78, 5) is 61.7. The highest BCUT2D eigenvalue weighted by molar-refractivity contribution is 7.91. The molecule has 1 aromatic heterocycles. The Hall–Kier alpha value is -4.41. The number of alkyl halides is 3. The molecule has 0 bridgehead atoms. The molecule has 4 heterocycles. The predicted molar refractivity (Wildman–Crippen MR) is 207 cm³/mol. The lowest BCUT2D eigenvalue weighted by molar-refractivity contribution is -0.144. The van der Waals surface area contributed by atoms with Crippen LogP contribution in [0.4, 0.5) is 18.0 Å². The first-order valence-corrected chi connectivity index (χ1v) is 21.7.